The molecule has 3 rings (SSSR count). The Balaban J connectivity index is 1.78. The van der Waals surface area contributed by atoms with Gasteiger partial charge in [0.15, 0.2) is 9.84 Å². The molecule has 2 aromatic rings. The first kappa shape index (κ1) is 25.4. The average Bonchev–Trinajstić information content (AvgIpc) is 2.78. The van der Waals surface area contributed by atoms with Crippen molar-refractivity contribution in [2.75, 3.05) is 19.3 Å². The molecular weight excluding hydrogens is 475 g/mol. The number of thioether (sulfide) groups is 1. The minimum Gasteiger partial charge on any atom is -0.507 e. The number of sulfone groups is 1. The Morgan fingerprint density at radius 1 is 1.09 bits per heavy atom. The van der Waals surface area contributed by atoms with Gasteiger partial charge in [0.2, 0.25) is 0 Å². The highest BCUT2D eigenvalue weighted by Gasteiger charge is 2.45. The standard InChI is InChI=1S/C23H26F3NO4S2/c1-22(2,33(30,31)18-6-4-5-16(13-18)23(24,25)26)15-9-11-27(12-10-15)21(29)19-14-17(32-3)7-8-20(19)28/h4-8,13-15,28H,9-12H2,1-3H3. The highest BCUT2D eigenvalue weighted by atomic mass is 32.2. The summed E-state index contributed by atoms with van der Waals surface area (Å²) in [6, 6.07) is 8.61. The predicted molar refractivity (Wildman–Crippen MR) is 121 cm³/mol. The largest absolute Gasteiger partial charge is 0.507 e. The third-order valence-corrected chi connectivity index (χ3v) is 9.68. The van der Waals surface area contributed by atoms with Crippen LogP contribution in [0.3, 0.4) is 0 Å². The van der Waals surface area contributed by atoms with E-state index in [1.54, 1.807) is 17.0 Å². The van der Waals surface area contributed by atoms with Crippen molar-refractivity contribution < 1.29 is 31.5 Å². The first-order valence-electron chi connectivity index (χ1n) is 10.4. The first-order chi connectivity index (χ1) is 15.3. The van der Waals surface area contributed by atoms with Crippen molar-refractivity contribution in [2.24, 2.45) is 5.92 Å². The number of halogens is 3. The fourth-order valence-corrected chi connectivity index (χ4v) is 6.39. The van der Waals surface area contributed by atoms with Crippen LogP contribution in [0.15, 0.2) is 52.3 Å². The molecule has 0 bridgehead atoms. The molecule has 0 atom stereocenters. The third kappa shape index (κ3) is 5.01. The number of aromatic hydroxyl groups is 1. The van der Waals surface area contributed by atoms with Gasteiger partial charge in [0.1, 0.15) is 5.75 Å². The lowest BCUT2D eigenvalue weighted by Crippen LogP contribution is -2.47. The van der Waals surface area contributed by atoms with E-state index in [-0.39, 0.29) is 41.1 Å². The van der Waals surface area contributed by atoms with E-state index in [0.717, 1.165) is 17.0 Å². The molecule has 10 heteroatoms. The summed E-state index contributed by atoms with van der Waals surface area (Å²) in [7, 11) is -4.07. The summed E-state index contributed by atoms with van der Waals surface area (Å²) in [6.07, 6.45) is -2.03. The van der Waals surface area contributed by atoms with Gasteiger partial charge in [-0.15, -0.1) is 11.8 Å². The fraction of sp³-hybridized carbons (Fsp3) is 0.435. The number of nitrogens with zero attached hydrogens (tertiary/aromatic N) is 1. The molecule has 1 fully saturated rings. The van der Waals surface area contributed by atoms with E-state index in [1.165, 1.54) is 37.7 Å². The number of likely N-dealkylation sites (tertiary alicyclic amines) is 1. The van der Waals surface area contributed by atoms with Crippen molar-refractivity contribution in [3.05, 3.63) is 53.6 Å². The summed E-state index contributed by atoms with van der Waals surface area (Å²) >= 11 is 1.44. The number of phenolic OH excluding ortho intramolecular Hbond substituents is 1. The summed E-state index contributed by atoms with van der Waals surface area (Å²) < 4.78 is 64.5. The molecule has 0 aliphatic carbocycles. The number of carbonyl (C=O) groups is 1. The van der Waals surface area contributed by atoms with Crippen LogP contribution in [-0.2, 0) is 16.0 Å². The minimum absolute atomic E-state index is 0.118. The van der Waals surface area contributed by atoms with Gasteiger partial charge < -0.3 is 10.0 Å². The van der Waals surface area contributed by atoms with E-state index in [2.05, 4.69) is 0 Å². The minimum atomic E-state index is -4.64. The van der Waals surface area contributed by atoms with Crippen LogP contribution in [0.4, 0.5) is 13.2 Å². The number of benzene rings is 2. The third-order valence-electron chi connectivity index (χ3n) is 6.36. The number of piperidine rings is 1. The van der Waals surface area contributed by atoms with Gasteiger partial charge in [0.05, 0.1) is 20.8 Å². The van der Waals surface area contributed by atoms with Crippen LogP contribution in [0, 0.1) is 5.92 Å². The van der Waals surface area contributed by atoms with Gasteiger partial charge in [-0.05, 0) is 75.3 Å². The molecule has 5 nitrogen and oxygen atoms in total. The lowest BCUT2D eigenvalue weighted by molar-refractivity contribution is -0.137. The monoisotopic (exact) mass is 501 g/mol. The molecule has 0 aromatic heterocycles. The van der Waals surface area contributed by atoms with Gasteiger partial charge in [-0.1, -0.05) is 6.07 Å². The van der Waals surface area contributed by atoms with E-state index in [0.29, 0.717) is 18.9 Å². The molecule has 2 aromatic carbocycles. The van der Waals surface area contributed by atoms with Crippen LogP contribution in [0.2, 0.25) is 0 Å². The topological polar surface area (TPSA) is 74.7 Å². The Kier molecular flexibility index (Phi) is 7.10. The Labute approximate surface area is 195 Å². The van der Waals surface area contributed by atoms with Crippen molar-refractivity contribution in [3.63, 3.8) is 0 Å². The second kappa shape index (κ2) is 9.21. The van der Waals surface area contributed by atoms with E-state index >= 15 is 0 Å². The van der Waals surface area contributed by atoms with E-state index in [9.17, 15) is 31.5 Å². The molecular formula is C23H26F3NO4S2. The van der Waals surface area contributed by atoms with Gasteiger partial charge in [0, 0.05) is 18.0 Å². The number of carbonyl (C=O) groups excluding carboxylic acids is 1. The SMILES string of the molecule is CSc1ccc(O)c(C(=O)N2CCC(C(C)(C)S(=O)(=O)c3cccc(C(F)(F)F)c3)CC2)c1. The zero-order chi connectivity index (χ0) is 24.6. The molecule has 1 heterocycles. The Morgan fingerprint density at radius 2 is 1.73 bits per heavy atom. The summed E-state index contributed by atoms with van der Waals surface area (Å²) in [5.74, 6) is -0.806. The maximum absolute atomic E-state index is 13.3. The molecule has 1 aliphatic rings. The summed E-state index contributed by atoms with van der Waals surface area (Å²) in [5.41, 5.74) is -0.816. The normalized spacial score (nSPS) is 16.1. The first-order valence-corrected chi connectivity index (χ1v) is 13.1. The molecule has 33 heavy (non-hydrogen) atoms. The molecule has 0 spiro atoms. The average molecular weight is 502 g/mol. The number of amides is 1. The Bertz CT molecular complexity index is 1140. The van der Waals surface area contributed by atoms with Crippen LogP contribution in [0.1, 0.15) is 42.6 Å². The molecule has 0 unspecified atom stereocenters. The van der Waals surface area contributed by atoms with Crippen molar-refractivity contribution in [2.45, 2.75) is 47.4 Å². The summed E-state index contributed by atoms with van der Waals surface area (Å²) in [5, 5.41) is 10.1. The molecule has 1 N–H and O–H groups in total. The van der Waals surface area contributed by atoms with Gasteiger partial charge in [-0.3, -0.25) is 4.79 Å². The van der Waals surface area contributed by atoms with E-state index < -0.39 is 26.3 Å². The lowest BCUT2D eigenvalue weighted by atomic mass is 9.85. The zero-order valence-corrected chi connectivity index (χ0v) is 20.1. The predicted octanol–water partition coefficient (Wildman–Crippen LogP) is 5.24. The van der Waals surface area contributed by atoms with Crippen molar-refractivity contribution in [1.82, 2.24) is 4.90 Å². The molecule has 1 amide bonds. The van der Waals surface area contributed by atoms with Crippen molar-refractivity contribution in [1.29, 1.82) is 0 Å². The number of phenols is 1. The van der Waals surface area contributed by atoms with Crippen LogP contribution < -0.4 is 0 Å². The smallest absolute Gasteiger partial charge is 0.416 e. The highest BCUT2D eigenvalue weighted by Crippen LogP contribution is 2.40. The lowest BCUT2D eigenvalue weighted by Gasteiger charge is -2.40. The van der Waals surface area contributed by atoms with Gasteiger partial charge in [-0.2, -0.15) is 13.2 Å². The fourth-order valence-electron chi connectivity index (χ4n) is 4.12. The number of alkyl halides is 3. The molecule has 1 aliphatic heterocycles. The van der Waals surface area contributed by atoms with Gasteiger partial charge in [0.25, 0.3) is 5.91 Å². The number of hydrogen-bond donors (Lipinski definition) is 1. The van der Waals surface area contributed by atoms with E-state index in [4.69, 9.17) is 0 Å². The van der Waals surface area contributed by atoms with Crippen LogP contribution in [-0.4, -0.2) is 48.4 Å². The molecule has 0 saturated carbocycles. The maximum Gasteiger partial charge on any atom is 0.416 e. The zero-order valence-electron chi connectivity index (χ0n) is 18.5. The second-order valence-corrected chi connectivity index (χ2v) is 12.0. The summed E-state index contributed by atoms with van der Waals surface area (Å²) in [6.45, 7) is 3.62. The van der Waals surface area contributed by atoms with Crippen molar-refractivity contribution >= 4 is 27.5 Å². The molecule has 0 radical (unpaired) electrons. The quantitative estimate of drug-likeness (QED) is 0.568. The van der Waals surface area contributed by atoms with Gasteiger partial charge in [-0.25, -0.2) is 8.42 Å². The number of hydrogen-bond acceptors (Lipinski definition) is 5. The molecule has 180 valence electrons. The molecule has 1 saturated heterocycles. The van der Waals surface area contributed by atoms with Crippen LogP contribution in [0.5, 0.6) is 5.75 Å². The highest BCUT2D eigenvalue weighted by molar-refractivity contribution is 7.98. The van der Waals surface area contributed by atoms with E-state index in [1.807, 2.05) is 6.26 Å². The van der Waals surface area contributed by atoms with Crippen LogP contribution in [0.25, 0.3) is 0 Å². The Hall–Kier alpha value is -2.20. The number of rotatable bonds is 5. The maximum atomic E-state index is 13.3. The van der Waals surface area contributed by atoms with Crippen molar-refractivity contribution in [3.8, 4) is 5.75 Å². The summed E-state index contributed by atoms with van der Waals surface area (Å²) in [4.78, 5) is 15.0. The van der Waals surface area contributed by atoms with Crippen LogP contribution >= 0.6 is 11.8 Å². The van der Waals surface area contributed by atoms with Gasteiger partial charge >= 0.3 is 6.18 Å². The second-order valence-electron chi connectivity index (χ2n) is 8.58. The Morgan fingerprint density at radius 3 is 2.30 bits per heavy atom.